The second-order valence-electron chi connectivity index (χ2n) is 2.29. The van der Waals surface area contributed by atoms with Gasteiger partial charge in [0.05, 0.1) is 0 Å². The molecule has 0 spiro atoms. The smallest absolute Gasteiger partial charge is 0.0456 e. The van der Waals surface area contributed by atoms with E-state index in [2.05, 4.69) is 4.98 Å². The van der Waals surface area contributed by atoms with E-state index in [1.807, 2.05) is 30.5 Å². The maximum Gasteiger partial charge on any atom is 0.0456 e. The number of fused-ring (bicyclic) bond motifs is 1. The maximum atomic E-state index is 5.64. The Morgan fingerprint density at radius 2 is 2.00 bits per heavy atom. The van der Waals surface area contributed by atoms with Crippen molar-refractivity contribution in [2.45, 2.75) is 0 Å². The van der Waals surface area contributed by atoms with Crippen LogP contribution in [-0.2, 0) is 0 Å². The molecule has 1 aromatic carbocycles. The molecule has 2 radical (unpaired) electrons. The molecule has 0 bridgehead atoms. The lowest BCUT2D eigenvalue weighted by molar-refractivity contribution is 1.46. The Bertz CT molecular complexity index is 346. The van der Waals surface area contributed by atoms with Crippen molar-refractivity contribution in [2.75, 3.05) is 0 Å². The summed E-state index contributed by atoms with van der Waals surface area (Å²) in [5.41, 5.74) is 1.91. The molecule has 0 fully saturated rings. The molecule has 0 saturated heterocycles. The lowest BCUT2D eigenvalue weighted by atomic mass is 10.2. The first-order valence-electron chi connectivity index (χ1n) is 3.19. The molecule has 0 aliphatic rings. The first kappa shape index (κ1) is 5.54. The summed E-state index contributed by atoms with van der Waals surface area (Å²) in [6.07, 6.45) is 1.81. The molecule has 2 aromatic rings. The van der Waals surface area contributed by atoms with Crippen molar-refractivity contribution in [3.05, 3.63) is 42.9 Å². The van der Waals surface area contributed by atoms with Crippen LogP contribution in [0, 0.1) is 6.92 Å². The van der Waals surface area contributed by atoms with Gasteiger partial charge in [-0.05, 0) is 11.6 Å². The lowest BCUT2D eigenvalue weighted by Gasteiger charge is -1.86. The van der Waals surface area contributed by atoms with Crippen LogP contribution in [0.25, 0.3) is 10.9 Å². The molecule has 0 saturated carbocycles. The molecule has 48 valence electrons. The molecule has 0 amide bonds. The molecule has 1 N–H and O–H groups in total. The zero-order valence-corrected chi connectivity index (χ0v) is 5.46. The third kappa shape index (κ3) is 0.637. The van der Waals surface area contributed by atoms with Gasteiger partial charge in [0.1, 0.15) is 0 Å². The number of aromatic nitrogens is 1. The minimum Gasteiger partial charge on any atom is -0.361 e. The van der Waals surface area contributed by atoms with Crippen LogP contribution in [0.15, 0.2) is 30.5 Å². The molecule has 0 aliphatic carbocycles. The van der Waals surface area contributed by atoms with Gasteiger partial charge in [-0.1, -0.05) is 18.2 Å². The Kier molecular flexibility index (Phi) is 1.04. The molecule has 0 aliphatic heterocycles. The van der Waals surface area contributed by atoms with Gasteiger partial charge in [0.25, 0.3) is 0 Å². The van der Waals surface area contributed by atoms with Crippen LogP contribution in [0.4, 0.5) is 0 Å². The Labute approximate surface area is 59.7 Å². The largest absolute Gasteiger partial charge is 0.361 e. The minimum absolute atomic E-state index is 0.815. The van der Waals surface area contributed by atoms with Gasteiger partial charge in [-0.2, -0.15) is 0 Å². The van der Waals surface area contributed by atoms with E-state index in [4.69, 9.17) is 6.92 Å². The first-order chi connectivity index (χ1) is 4.88. The number of hydrogen-bond donors (Lipinski definition) is 1. The summed E-state index contributed by atoms with van der Waals surface area (Å²) in [6.45, 7) is 5.64. The highest BCUT2D eigenvalue weighted by atomic mass is 14.7. The van der Waals surface area contributed by atoms with Gasteiger partial charge in [0, 0.05) is 24.0 Å². The normalized spacial score (nSPS) is 10.5. The zero-order chi connectivity index (χ0) is 6.97. The molecule has 0 unspecified atom stereocenters. The molecule has 1 aromatic heterocycles. The van der Waals surface area contributed by atoms with Crippen molar-refractivity contribution in [1.29, 1.82) is 0 Å². The summed E-state index contributed by atoms with van der Waals surface area (Å²) in [7, 11) is 0. The van der Waals surface area contributed by atoms with Crippen molar-refractivity contribution in [3.63, 3.8) is 0 Å². The van der Waals surface area contributed by atoms with Gasteiger partial charge < -0.3 is 4.98 Å². The topological polar surface area (TPSA) is 15.8 Å². The third-order valence-electron chi connectivity index (χ3n) is 1.62. The second kappa shape index (κ2) is 1.87. The number of H-pyrrole nitrogens is 1. The molecule has 1 heterocycles. The molecular weight excluding hydrogens is 122 g/mol. The van der Waals surface area contributed by atoms with Crippen molar-refractivity contribution < 1.29 is 0 Å². The van der Waals surface area contributed by atoms with Crippen LogP contribution < -0.4 is 0 Å². The van der Waals surface area contributed by atoms with Gasteiger partial charge in [0.15, 0.2) is 0 Å². The van der Waals surface area contributed by atoms with Crippen molar-refractivity contribution in [1.82, 2.24) is 4.98 Å². The lowest BCUT2D eigenvalue weighted by Crippen LogP contribution is -1.64. The van der Waals surface area contributed by atoms with Gasteiger partial charge in [-0.15, -0.1) is 0 Å². The number of aromatic amines is 1. The van der Waals surface area contributed by atoms with E-state index in [1.54, 1.807) is 0 Å². The standard InChI is InChI=1S/C9H7N/c1-7-6-10-9-5-3-2-4-8(7)9/h1-6,10H. The van der Waals surface area contributed by atoms with Gasteiger partial charge in [0.2, 0.25) is 0 Å². The summed E-state index contributed by atoms with van der Waals surface area (Å²) >= 11 is 0. The van der Waals surface area contributed by atoms with Crippen LogP contribution in [0.5, 0.6) is 0 Å². The summed E-state index contributed by atoms with van der Waals surface area (Å²) < 4.78 is 0. The molecule has 2 rings (SSSR count). The fourth-order valence-electron chi connectivity index (χ4n) is 1.09. The Hall–Kier alpha value is -1.24. The van der Waals surface area contributed by atoms with Gasteiger partial charge in [-0.25, -0.2) is 0 Å². The predicted molar refractivity (Wildman–Crippen MR) is 41.7 cm³/mol. The third-order valence-corrected chi connectivity index (χ3v) is 1.62. The van der Waals surface area contributed by atoms with Crippen molar-refractivity contribution in [3.8, 4) is 0 Å². The van der Waals surface area contributed by atoms with Gasteiger partial charge in [-0.3, -0.25) is 0 Å². The minimum atomic E-state index is 0.815. The molecule has 10 heavy (non-hydrogen) atoms. The van der Waals surface area contributed by atoms with Crippen LogP contribution in [0.1, 0.15) is 5.56 Å². The Balaban J connectivity index is 2.93. The first-order valence-corrected chi connectivity index (χ1v) is 3.19. The van der Waals surface area contributed by atoms with E-state index >= 15 is 0 Å². The summed E-state index contributed by atoms with van der Waals surface area (Å²) in [5.74, 6) is 0. The highest BCUT2D eigenvalue weighted by molar-refractivity contribution is 5.83. The summed E-state index contributed by atoms with van der Waals surface area (Å²) in [4.78, 5) is 3.06. The molecular formula is C9H7N. The molecule has 1 heteroatoms. The number of hydrogen-bond acceptors (Lipinski definition) is 0. The van der Waals surface area contributed by atoms with Crippen LogP contribution in [-0.4, -0.2) is 4.98 Å². The summed E-state index contributed by atoms with van der Waals surface area (Å²) in [6, 6.07) is 7.97. The summed E-state index contributed by atoms with van der Waals surface area (Å²) in [5, 5.41) is 1.10. The van der Waals surface area contributed by atoms with Crippen LogP contribution >= 0.6 is 0 Å². The Morgan fingerprint density at radius 3 is 2.80 bits per heavy atom. The number of nitrogens with one attached hydrogen (secondary N) is 1. The van der Waals surface area contributed by atoms with E-state index in [0.29, 0.717) is 0 Å². The van der Waals surface area contributed by atoms with Crippen molar-refractivity contribution >= 4 is 10.9 Å². The highest BCUT2D eigenvalue weighted by Gasteiger charge is 1.94. The fourth-order valence-corrected chi connectivity index (χ4v) is 1.09. The van der Waals surface area contributed by atoms with E-state index in [-0.39, 0.29) is 0 Å². The van der Waals surface area contributed by atoms with E-state index in [0.717, 1.165) is 16.5 Å². The van der Waals surface area contributed by atoms with E-state index in [9.17, 15) is 0 Å². The molecule has 1 nitrogen and oxygen atoms in total. The van der Waals surface area contributed by atoms with E-state index in [1.165, 1.54) is 0 Å². The monoisotopic (exact) mass is 129 g/mol. The second-order valence-corrected chi connectivity index (χ2v) is 2.29. The average molecular weight is 129 g/mol. The predicted octanol–water partition coefficient (Wildman–Crippen LogP) is 2.23. The van der Waals surface area contributed by atoms with E-state index < -0.39 is 0 Å². The van der Waals surface area contributed by atoms with Crippen molar-refractivity contribution in [2.24, 2.45) is 0 Å². The maximum absolute atomic E-state index is 5.64. The zero-order valence-electron chi connectivity index (χ0n) is 5.46. The molecule has 0 atom stereocenters. The fraction of sp³-hybridized carbons (Fsp3) is 0. The highest BCUT2D eigenvalue weighted by Crippen LogP contribution is 2.15. The SMILES string of the molecule is [CH]c1c[nH]c2ccccc12. The van der Waals surface area contributed by atoms with Gasteiger partial charge >= 0.3 is 0 Å². The van der Waals surface area contributed by atoms with Crippen LogP contribution in [0.3, 0.4) is 0 Å². The number of benzene rings is 1. The van der Waals surface area contributed by atoms with Crippen LogP contribution in [0.2, 0.25) is 0 Å². The average Bonchev–Trinajstić information content (AvgIpc) is 2.34. The quantitative estimate of drug-likeness (QED) is 0.561. The number of para-hydroxylation sites is 1. The number of rotatable bonds is 0. The Morgan fingerprint density at radius 1 is 1.20 bits per heavy atom.